The molecule has 4 rings (SSSR count). The third-order valence-electron chi connectivity index (χ3n) is 4.91. The highest BCUT2D eigenvalue weighted by atomic mass is 35.5. The molecule has 0 radical (unpaired) electrons. The average Bonchev–Trinajstić information content (AvgIpc) is 3.38. The number of amides is 1. The van der Waals surface area contributed by atoms with Crippen molar-refractivity contribution >= 4 is 45.8 Å². The maximum Gasteiger partial charge on any atom is 0.242 e. The van der Waals surface area contributed by atoms with Crippen LogP contribution < -0.4 is 9.47 Å². The summed E-state index contributed by atoms with van der Waals surface area (Å²) in [4.78, 5) is 14.5. The molecule has 1 fully saturated rings. The zero-order valence-electron chi connectivity index (χ0n) is 17.0. The lowest BCUT2D eigenvalue weighted by atomic mass is 10.1. The van der Waals surface area contributed by atoms with E-state index in [0.29, 0.717) is 39.6 Å². The van der Waals surface area contributed by atoms with Crippen LogP contribution in [0.15, 0.2) is 59.2 Å². The first-order chi connectivity index (χ1) is 15.4. The van der Waals surface area contributed by atoms with E-state index in [4.69, 9.17) is 37.7 Å². The first-order valence-corrected chi connectivity index (χ1v) is 11.4. The SMILES string of the molecule is COc1cc(C[C@@H]2SC(=S)N(Cc3ccco3)C2=O)cc(Cl)c1OCc1ccc(F)cc1. The van der Waals surface area contributed by atoms with Crippen molar-refractivity contribution in [3.8, 4) is 11.5 Å². The Kier molecular flexibility index (Phi) is 7.03. The Labute approximate surface area is 199 Å². The summed E-state index contributed by atoms with van der Waals surface area (Å²) in [6, 6.07) is 13.2. The summed E-state index contributed by atoms with van der Waals surface area (Å²) in [7, 11) is 1.52. The van der Waals surface area contributed by atoms with Gasteiger partial charge in [-0.25, -0.2) is 4.39 Å². The highest BCUT2D eigenvalue weighted by Gasteiger charge is 2.37. The van der Waals surface area contributed by atoms with Crippen LogP contribution in [0.2, 0.25) is 5.02 Å². The minimum atomic E-state index is -0.357. The number of furan rings is 1. The number of nitrogens with zero attached hydrogens (tertiary/aromatic N) is 1. The summed E-state index contributed by atoms with van der Waals surface area (Å²) in [5.74, 6) is 1.15. The molecular weight excluding hydrogens is 473 g/mol. The van der Waals surface area contributed by atoms with Crippen LogP contribution in [0.5, 0.6) is 11.5 Å². The zero-order chi connectivity index (χ0) is 22.7. The van der Waals surface area contributed by atoms with Crippen LogP contribution in [0.1, 0.15) is 16.9 Å². The first kappa shape index (κ1) is 22.6. The van der Waals surface area contributed by atoms with Crippen molar-refractivity contribution in [1.82, 2.24) is 4.90 Å². The molecule has 0 unspecified atom stereocenters. The fourth-order valence-electron chi connectivity index (χ4n) is 3.31. The molecular formula is C23H19ClFNO4S2. The molecule has 1 atom stereocenters. The third-order valence-corrected chi connectivity index (χ3v) is 6.77. The Morgan fingerprint density at radius 1 is 1.22 bits per heavy atom. The lowest BCUT2D eigenvalue weighted by Gasteiger charge is -2.16. The van der Waals surface area contributed by atoms with Gasteiger partial charge in [-0.3, -0.25) is 9.69 Å². The van der Waals surface area contributed by atoms with Crippen LogP contribution in [0, 0.1) is 5.82 Å². The molecule has 1 aromatic heterocycles. The molecule has 0 saturated carbocycles. The maximum atomic E-state index is 13.1. The van der Waals surface area contributed by atoms with Crippen molar-refractivity contribution in [3.63, 3.8) is 0 Å². The number of carbonyl (C=O) groups is 1. The molecule has 0 N–H and O–H groups in total. The molecule has 166 valence electrons. The molecule has 0 bridgehead atoms. The van der Waals surface area contributed by atoms with Crippen LogP contribution >= 0.6 is 35.6 Å². The number of hydrogen-bond donors (Lipinski definition) is 0. The first-order valence-electron chi connectivity index (χ1n) is 9.72. The molecule has 1 aliphatic heterocycles. The molecule has 0 spiro atoms. The lowest BCUT2D eigenvalue weighted by molar-refractivity contribution is -0.126. The summed E-state index contributed by atoms with van der Waals surface area (Å²) in [6.07, 6.45) is 2.00. The molecule has 32 heavy (non-hydrogen) atoms. The van der Waals surface area contributed by atoms with Crippen LogP contribution in [0.3, 0.4) is 0 Å². The van der Waals surface area contributed by atoms with Crippen molar-refractivity contribution in [1.29, 1.82) is 0 Å². The molecule has 2 aromatic carbocycles. The van der Waals surface area contributed by atoms with Gasteiger partial charge < -0.3 is 13.9 Å². The number of methoxy groups -OCH3 is 1. The average molecular weight is 492 g/mol. The van der Waals surface area contributed by atoms with Gasteiger partial charge >= 0.3 is 0 Å². The van der Waals surface area contributed by atoms with E-state index in [1.165, 1.54) is 31.0 Å². The van der Waals surface area contributed by atoms with E-state index in [1.54, 1.807) is 41.5 Å². The largest absolute Gasteiger partial charge is 0.493 e. The van der Waals surface area contributed by atoms with Gasteiger partial charge in [-0.05, 0) is 53.9 Å². The van der Waals surface area contributed by atoms with Crippen molar-refractivity contribution in [3.05, 3.63) is 82.5 Å². The van der Waals surface area contributed by atoms with E-state index >= 15 is 0 Å². The molecule has 9 heteroatoms. The summed E-state index contributed by atoms with van der Waals surface area (Å²) in [5.41, 5.74) is 1.63. The number of thioether (sulfide) groups is 1. The minimum absolute atomic E-state index is 0.0666. The van der Waals surface area contributed by atoms with Gasteiger partial charge in [0.25, 0.3) is 0 Å². The number of thiocarbonyl (C=S) groups is 1. The van der Waals surface area contributed by atoms with Gasteiger partial charge in [-0.2, -0.15) is 0 Å². The quantitative estimate of drug-likeness (QED) is 0.380. The topological polar surface area (TPSA) is 51.9 Å². The van der Waals surface area contributed by atoms with Gasteiger partial charge in [0.15, 0.2) is 11.5 Å². The van der Waals surface area contributed by atoms with Crippen molar-refractivity contribution in [2.75, 3.05) is 7.11 Å². The molecule has 1 saturated heterocycles. The minimum Gasteiger partial charge on any atom is -0.493 e. The van der Waals surface area contributed by atoms with Gasteiger partial charge in [0.05, 0.1) is 30.2 Å². The monoisotopic (exact) mass is 491 g/mol. The fourth-order valence-corrected chi connectivity index (χ4v) is 5.13. The lowest BCUT2D eigenvalue weighted by Crippen LogP contribution is -2.31. The Morgan fingerprint density at radius 2 is 2.00 bits per heavy atom. The normalized spacial score (nSPS) is 16.0. The molecule has 3 aromatic rings. The van der Waals surface area contributed by atoms with Gasteiger partial charge in [0, 0.05) is 0 Å². The number of hydrogen-bond acceptors (Lipinski definition) is 6. The summed E-state index contributed by atoms with van der Waals surface area (Å²) in [5, 5.41) is 0.0103. The van der Waals surface area contributed by atoms with Gasteiger partial charge in [-0.1, -0.05) is 47.7 Å². The smallest absolute Gasteiger partial charge is 0.242 e. The Hall–Kier alpha value is -2.55. The van der Waals surface area contributed by atoms with E-state index in [2.05, 4.69) is 0 Å². The van der Waals surface area contributed by atoms with Crippen molar-refractivity contribution in [2.45, 2.75) is 24.8 Å². The number of rotatable bonds is 8. The highest BCUT2D eigenvalue weighted by Crippen LogP contribution is 2.39. The number of benzene rings is 2. The Bertz CT molecular complexity index is 1120. The fraction of sp³-hybridized carbons (Fsp3) is 0.217. The number of carbonyl (C=O) groups excluding carboxylic acids is 1. The maximum absolute atomic E-state index is 13.1. The van der Waals surface area contributed by atoms with E-state index in [1.807, 2.05) is 6.07 Å². The van der Waals surface area contributed by atoms with Crippen LogP contribution in [-0.4, -0.2) is 27.5 Å². The van der Waals surface area contributed by atoms with E-state index in [9.17, 15) is 9.18 Å². The summed E-state index contributed by atoms with van der Waals surface area (Å²) < 4.78 is 30.3. The van der Waals surface area contributed by atoms with Crippen LogP contribution in [0.25, 0.3) is 0 Å². The number of halogens is 2. The molecule has 5 nitrogen and oxygen atoms in total. The third kappa shape index (κ3) is 5.09. The highest BCUT2D eigenvalue weighted by molar-refractivity contribution is 8.24. The Morgan fingerprint density at radius 3 is 2.69 bits per heavy atom. The van der Waals surface area contributed by atoms with Crippen LogP contribution in [0.4, 0.5) is 4.39 Å². The molecule has 0 aliphatic carbocycles. The molecule has 2 heterocycles. The van der Waals surface area contributed by atoms with Gasteiger partial charge in [-0.15, -0.1) is 0 Å². The molecule has 1 aliphatic rings. The van der Waals surface area contributed by atoms with Crippen molar-refractivity contribution < 1.29 is 23.1 Å². The van der Waals surface area contributed by atoms with E-state index < -0.39 is 0 Å². The van der Waals surface area contributed by atoms with Crippen molar-refractivity contribution in [2.24, 2.45) is 0 Å². The zero-order valence-corrected chi connectivity index (χ0v) is 19.4. The molecule has 1 amide bonds. The van der Waals surface area contributed by atoms with E-state index in [0.717, 1.165) is 11.1 Å². The second kappa shape index (κ2) is 9.94. The predicted octanol–water partition coefficient (Wildman–Crippen LogP) is 5.63. The Balaban J connectivity index is 1.46. The van der Waals surface area contributed by atoms with Gasteiger partial charge in [0.1, 0.15) is 22.5 Å². The second-order valence-corrected chi connectivity index (χ2v) is 9.35. The van der Waals surface area contributed by atoms with Gasteiger partial charge in [0.2, 0.25) is 5.91 Å². The van der Waals surface area contributed by atoms with Crippen LogP contribution in [-0.2, 0) is 24.4 Å². The standard InChI is InChI=1S/C23H19ClFNO4S2/c1-28-19-10-15(9-18(24)21(19)30-13-14-4-6-16(25)7-5-14)11-20-22(27)26(23(31)32-20)12-17-3-2-8-29-17/h2-10,20H,11-13H2,1H3/t20-/m0/s1. The second-order valence-electron chi connectivity index (χ2n) is 7.10. The summed E-state index contributed by atoms with van der Waals surface area (Å²) >= 11 is 13.2. The number of ether oxygens (including phenoxy) is 2. The predicted molar refractivity (Wildman–Crippen MR) is 126 cm³/mol. The summed E-state index contributed by atoms with van der Waals surface area (Å²) in [6.45, 7) is 0.525. The van der Waals surface area contributed by atoms with E-state index in [-0.39, 0.29) is 23.6 Å².